The van der Waals surface area contributed by atoms with Crippen LogP contribution in [0.15, 0.2) is 30.3 Å². The van der Waals surface area contributed by atoms with Gasteiger partial charge in [-0.2, -0.15) is 0 Å². The molecule has 2 amide bonds. The Morgan fingerprint density at radius 1 is 1.14 bits per heavy atom. The van der Waals surface area contributed by atoms with Crippen LogP contribution < -0.4 is 16.0 Å². The van der Waals surface area contributed by atoms with E-state index in [1.165, 1.54) is 6.42 Å². The number of carbonyl (C=O) groups excluding carboxylic acids is 2. The van der Waals surface area contributed by atoms with Crippen LogP contribution >= 0.6 is 0 Å². The van der Waals surface area contributed by atoms with Crippen molar-refractivity contribution in [3.63, 3.8) is 0 Å². The van der Waals surface area contributed by atoms with Crippen molar-refractivity contribution in [3.8, 4) is 0 Å². The second-order valence-electron chi connectivity index (χ2n) is 5.37. The normalized spacial score (nSPS) is 17.4. The predicted molar refractivity (Wildman–Crippen MR) is 82.0 cm³/mol. The smallest absolute Gasteiger partial charge is 0.251 e. The van der Waals surface area contributed by atoms with Crippen molar-refractivity contribution in [3.05, 3.63) is 35.9 Å². The number of carbonyl (C=O) groups is 2. The van der Waals surface area contributed by atoms with Gasteiger partial charge in [-0.25, -0.2) is 0 Å². The van der Waals surface area contributed by atoms with Crippen LogP contribution in [-0.2, 0) is 4.79 Å². The molecule has 1 unspecified atom stereocenters. The van der Waals surface area contributed by atoms with Crippen LogP contribution in [0.2, 0.25) is 0 Å². The monoisotopic (exact) mass is 289 g/mol. The molecule has 1 aliphatic heterocycles. The summed E-state index contributed by atoms with van der Waals surface area (Å²) in [6.45, 7) is 3.02. The van der Waals surface area contributed by atoms with E-state index in [0.717, 1.165) is 19.5 Å². The third kappa shape index (κ3) is 5.55. The van der Waals surface area contributed by atoms with Gasteiger partial charge in [0.15, 0.2) is 0 Å². The molecule has 2 rings (SSSR count). The van der Waals surface area contributed by atoms with Crippen molar-refractivity contribution in [2.24, 2.45) is 5.92 Å². The highest BCUT2D eigenvalue weighted by Crippen LogP contribution is 2.13. The molecule has 0 radical (unpaired) electrons. The first-order chi connectivity index (χ1) is 10.3. The van der Waals surface area contributed by atoms with E-state index < -0.39 is 0 Å². The van der Waals surface area contributed by atoms with E-state index in [2.05, 4.69) is 16.0 Å². The Bertz CT molecular complexity index is 456. The number of benzene rings is 1. The maximum absolute atomic E-state index is 11.8. The van der Waals surface area contributed by atoms with Gasteiger partial charge in [0.05, 0.1) is 0 Å². The van der Waals surface area contributed by atoms with E-state index in [1.54, 1.807) is 12.1 Å². The van der Waals surface area contributed by atoms with Gasteiger partial charge < -0.3 is 16.0 Å². The van der Waals surface area contributed by atoms with Gasteiger partial charge in [-0.05, 0) is 44.0 Å². The first-order valence-corrected chi connectivity index (χ1v) is 7.56. The molecule has 1 aromatic rings. The molecular formula is C16H23N3O2. The van der Waals surface area contributed by atoms with E-state index in [0.29, 0.717) is 31.0 Å². The minimum absolute atomic E-state index is 0.0656. The Balaban J connectivity index is 1.54. The maximum atomic E-state index is 11.8. The van der Waals surface area contributed by atoms with E-state index in [-0.39, 0.29) is 11.8 Å². The predicted octanol–water partition coefficient (Wildman–Crippen LogP) is 0.922. The maximum Gasteiger partial charge on any atom is 0.251 e. The molecule has 1 saturated heterocycles. The van der Waals surface area contributed by atoms with Gasteiger partial charge in [0.2, 0.25) is 5.91 Å². The Hall–Kier alpha value is -1.88. The molecule has 1 fully saturated rings. The largest absolute Gasteiger partial charge is 0.354 e. The summed E-state index contributed by atoms with van der Waals surface area (Å²) in [5.74, 6) is 0.589. The summed E-state index contributed by atoms with van der Waals surface area (Å²) in [5.41, 5.74) is 0.637. The highest BCUT2D eigenvalue weighted by atomic mass is 16.2. The van der Waals surface area contributed by atoms with E-state index in [4.69, 9.17) is 0 Å². The lowest BCUT2D eigenvalue weighted by atomic mass is 10.0. The van der Waals surface area contributed by atoms with Crippen molar-refractivity contribution in [2.75, 3.05) is 26.2 Å². The molecule has 0 saturated carbocycles. The Labute approximate surface area is 125 Å². The second-order valence-corrected chi connectivity index (χ2v) is 5.37. The fourth-order valence-electron chi connectivity index (χ4n) is 2.45. The molecule has 0 spiro atoms. The minimum Gasteiger partial charge on any atom is -0.354 e. The molecule has 3 N–H and O–H groups in total. The van der Waals surface area contributed by atoms with Gasteiger partial charge in [-0.3, -0.25) is 9.59 Å². The quantitative estimate of drug-likeness (QED) is 0.654. The molecule has 0 aliphatic carbocycles. The summed E-state index contributed by atoms with van der Waals surface area (Å²) >= 11 is 0. The zero-order valence-corrected chi connectivity index (χ0v) is 12.2. The van der Waals surface area contributed by atoms with Crippen LogP contribution in [-0.4, -0.2) is 38.0 Å². The average molecular weight is 289 g/mol. The van der Waals surface area contributed by atoms with Crippen LogP contribution in [0.5, 0.6) is 0 Å². The molecule has 0 bridgehead atoms. The third-order valence-corrected chi connectivity index (χ3v) is 3.71. The zero-order valence-electron chi connectivity index (χ0n) is 12.2. The topological polar surface area (TPSA) is 70.2 Å². The van der Waals surface area contributed by atoms with Crippen LogP contribution in [0.4, 0.5) is 0 Å². The summed E-state index contributed by atoms with van der Waals surface area (Å²) < 4.78 is 0. The average Bonchev–Trinajstić information content (AvgIpc) is 3.03. The number of rotatable bonds is 7. The van der Waals surface area contributed by atoms with Gasteiger partial charge in [-0.1, -0.05) is 18.2 Å². The summed E-state index contributed by atoms with van der Waals surface area (Å²) in [7, 11) is 0. The lowest BCUT2D eigenvalue weighted by Crippen LogP contribution is -2.34. The number of nitrogens with one attached hydrogen (secondary N) is 3. The Morgan fingerprint density at radius 3 is 2.62 bits per heavy atom. The van der Waals surface area contributed by atoms with Gasteiger partial charge in [0, 0.05) is 25.1 Å². The molecule has 1 atom stereocenters. The first kappa shape index (κ1) is 15.5. The van der Waals surface area contributed by atoms with Gasteiger partial charge >= 0.3 is 0 Å². The Morgan fingerprint density at radius 2 is 1.90 bits per heavy atom. The van der Waals surface area contributed by atoms with Crippen LogP contribution in [0.1, 0.15) is 29.6 Å². The van der Waals surface area contributed by atoms with Crippen molar-refractivity contribution >= 4 is 11.8 Å². The highest BCUT2D eigenvalue weighted by Gasteiger charge is 2.15. The standard InChI is InChI=1S/C16H23N3O2/c20-15(7-6-13-8-9-17-12-13)18-10-11-19-16(21)14-4-2-1-3-5-14/h1-5,13,17H,6-12H2,(H,18,20)(H,19,21). The summed E-state index contributed by atoms with van der Waals surface area (Å²) in [6.07, 6.45) is 2.68. The van der Waals surface area contributed by atoms with E-state index in [9.17, 15) is 9.59 Å². The lowest BCUT2D eigenvalue weighted by Gasteiger charge is -2.09. The van der Waals surface area contributed by atoms with E-state index >= 15 is 0 Å². The first-order valence-electron chi connectivity index (χ1n) is 7.56. The summed E-state index contributed by atoms with van der Waals surface area (Å²) in [5, 5.41) is 8.92. The molecule has 21 heavy (non-hydrogen) atoms. The summed E-state index contributed by atoms with van der Waals surface area (Å²) in [4.78, 5) is 23.4. The second kappa shape index (κ2) is 8.42. The minimum atomic E-state index is -0.109. The molecule has 1 aromatic carbocycles. The van der Waals surface area contributed by atoms with E-state index in [1.807, 2.05) is 18.2 Å². The molecule has 5 nitrogen and oxygen atoms in total. The van der Waals surface area contributed by atoms with Crippen molar-refractivity contribution in [1.82, 2.24) is 16.0 Å². The number of amides is 2. The van der Waals surface area contributed by atoms with Crippen LogP contribution in [0.25, 0.3) is 0 Å². The number of hydrogen-bond donors (Lipinski definition) is 3. The van der Waals surface area contributed by atoms with Gasteiger partial charge in [-0.15, -0.1) is 0 Å². The van der Waals surface area contributed by atoms with Gasteiger partial charge in [0.25, 0.3) is 5.91 Å². The fraction of sp³-hybridized carbons (Fsp3) is 0.500. The van der Waals surface area contributed by atoms with Crippen LogP contribution in [0.3, 0.4) is 0 Å². The zero-order chi connectivity index (χ0) is 14.9. The van der Waals surface area contributed by atoms with Crippen molar-refractivity contribution < 1.29 is 9.59 Å². The van der Waals surface area contributed by atoms with Crippen LogP contribution in [0, 0.1) is 5.92 Å². The molecule has 5 heteroatoms. The van der Waals surface area contributed by atoms with Gasteiger partial charge in [0.1, 0.15) is 0 Å². The lowest BCUT2D eigenvalue weighted by molar-refractivity contribution is -0.121. The molecule has 1 heterocycles. The highest BCUT2D eigenvalue weighted by molar-refractivity contribution is 5.94. The van der Waals surface area contributed by atoms with Crippen molar-refractivity contribution in [1.29, 1.82) is 0 Å². The van der Waals surface area contributed by atoms with Crippen molar-refractivity contribution in [2.45, 2.75) is 19.3 Å². The molecular weight excluding hydrogens is 266 g/mol. The summed E-state index contributed by atoms with van der Waals surface area (Å²) in [6, 6.07) is 9.06. The SMILES string of the molecule is O=C(CCC1CCNC1)NCCNC(=O)c1ccccc1. The fourth-order valence-corrected chi connectivity index (χ4v) is 2.45. The molecule has 1 aliphatic rings. The Kier molecular flexibility index (Phi) is 6.22. The number of hydrogen-bond acceptors (Lipinski definition) is 3. The third-order valence-electron chi connectivity index (χ3n) is 3.71. The molecule has 114 valence electrons. The molecule has 0 aromatic heterocycles.